The number of anilines is 2. The number of hydrogen-bond acceptors (Lipinski definition) is 6. The van der Waals surface area contributed by atoms with Gasteiger partial charge in [-0.25, -0.2) is 4.90 Å². The van der Waals surface area contributed by atoms with E-state index in [9.17, 15) is 19.7 Å². The Balaban J connectivity index is 1.52. The van der Waals surface area contributed by atoms with Crippen LogP contribution in [0.15, 0.2) is 30.4 Å². The number of hydrogen-bond donors (Lipinski definition) is 0. The highest BCUT2D eigenvalue weighted by atomic mass is 16.6. The van der Waals surface area contributed by atoms with Crippen molar-refractivity contribution in [2.75, 3.05) is 36.1 Å². The molecule has 4 unspecified atom stereocenters. The Morgan fingerprint density at radius 3 is 2.64 bits per heavy atom. The first-order valence-corrected chi connectivity index (χ1v) is 9.59. The molecular formula is C20H21N3O5. The summed E-state index contributed by atoms with van der Waals surface area (Å²) in [5, 5.41) is 11.7. The average molecular weight is 383 g/mol. The molecule has 1 aromatic rings. The van der Waals surface area contributed by atoms with Crippen molar-refractivity contribution in [2.24, 2.45) is 23.2 Å². The highest BCUT2D eigenvalue weighted by Gasteiger charge is 2.64. The Morgan fingerprint density at radius 2 is 1.96 bits per heavy atom. The molecule has 146 valence electrons. The molecule has 0 N–H and O–H groups in total. The Hall–Kier alpha value is -2.74. The molecule has 3 fully saturated rings. The van der Waals surface area contributed by atoms with Gasteiger partial charge in [0.1, 0.15) is 5.69 Å². The number of ether oxygens (including phenoxy) is 1. The van der Waals surface area contributed by atoms with Crippen LogP contribution in [0.4, 0.5) is 17.1 Å². The van der Waals surface area contributed by atoms with Crippen molar-refractivity contribution in [3.63, 3.8) is 0 Å². The monoisotopic (exact) mass is 383 g/mol. The number of rotatable bonds is 3. The summed E-state index contributed by atoms with van der Waals surface area (Å²) in [6.45, 7) is 4.18. The van der Waals surface area contributed by atoms with E-state index in [1.54, 1.807) is 12.1 Å². The molecule has 0 aromatic heterocycles. The molecule has 8 nitrogen and oxygen atoms in total. The lowest BCUT2D eigenvalue weighted by Crippen LogP contribution is -2.37. The second kappa shape index (κ2) is 5.88. The van der Waals surface area contributed by atoms with Gasteiger partial charge in [-0.2, -0.15) is 0 Å². The third kappa shape index (κ3) is 2.27. The van der Waals surface area contributed by atoms with Crippen LogP contribution in [0.2, 0.25) is 0 Å². The summed E-state index contributed by atoms with van der Waals surface area (Å²) < 4.78 is 5.32. The second-order valence-corrected chi connectivity index (χ2v) is 8.28. The van der Waals surface area contributed by atoms with Gasteiger partial charge in [0, 0.05) is 19.2 Å². The molecule has 1 aromatic carbocycles. The summed E-state index contributed by atoms with van der Waals surface area (Å²) in [6, 6.07) is 4.65. The van der Waals surface area contributed by atoms with E-state index in [1.165, 1.54) is 11.0 Å². The fourth-order valence-corrected chi connectivity index (χ4v) is 5.40. The van der Waals surface area contributed by atoms with Crippen molar-refractivity contribution in [1.82, 2.24) is 0 Å². The van der Waals surface area contributed by atoms with Crippen molar-refractivity contribution < 1.29 is 19.2 Å². The molecule has 2 aliphatic carbocycles. The van der Waals surface area contributed by atoms with Gasteiger partial charge >= 0.3 is 0 Å². The fraction of sp³-hybridized carbons (Fsp3) is 0.500. The number of imide groups is 1. The summed E-state index contributed by atoms with van der Waals surface area (Å²) >= 11 is 0. The van der Waals surface area contributed by atoms with Crippen LogP contribution >= 0.6 is 0 Å². The minimum absolute atomic E-state index is 0.0825. The third-order valence-corrected chi connectivity index (χ3v) is 6.69. The molecule has 1 saturated carbocycles. The zero-order valence-corrected chi connectivity index (χ0v) is 15.5. The Bertz CT molecular complexity index is 922. The third-order valence-electron chi connectivity index (χ3n) is 6.69. The largest absolute Gasteiger partial charge is 0.378 e. The molecule has 2 aliphatic heterocycles. The normalized spacial score (nSPS) is 33.7. The van der Waals surface area contributed by atoms with Crippen molar-refractivity contribution in [3.8, 4) is 0 Å². The van der Waals surface area contributed by atoms with E-state index in [4.69, 9.17) is 4.74 Å². The number of amides is 2. The first-order valence-electron chi connectivity index (χ1n) is 9.59. The quantitative estimate of drug-likeness (QED) is 0.344. The van der Waals surface area contributed by atoms with Crippen LogP contribution in [-0.2, 0) is 14.3 Å². The number of nitrogens with zero attached hydrogens (tertiary/aromatic N) is 3. The lowest BCUT2D eigenvalue weighted by molar-refractivity contribution is -0.384. The van der Waals surface area contributed by atoms with Gasteiger partial charge in [-0.1, -0.05) is 19.1 Å². The molecular weight excluding hydrogens is 362 g/mol. The van der Waals surface area contributed by atoms with Gasteiger partial charge in [-0.05, 0) is 29.9 Å². The van der Waals surface area contributed by atoms with E-state index in [1.807, 2.05) is 17.9 Å². The molecule has 0 spiro atoms. The summed E-state index contributed by atoms with van der Waals surface area (Å²) in [6.07, 6.45) is 4.92. The van der Waals surface area contributed by atoms with Crippen molar-refractivity contribution in [3.05, 3.63) is 40.5 Å². The molecule has 2 heterocycles. The summed E-state index contributed by atoms with van der Waals surface area (Å²) in [5.41, 5.74) is 0.391. The maximum atomic E-state index is 13.1. The molecule has 2 bridgehead atoms. The standard InChI is InChI=1S/C20H21N3O5/c1-20-5-4-12(11-20)16-17(20)19(25)22(18(16)24)13-2-3-14(15(10-13)23(26)27)21-6-8-28-9-7-21/h2-5,10,12,16-17H,6-9,11H2,1H3. The van der Waals surface area contributed by atoms with E-state index in [0.717, 1.165) is 6.42 Å². The van der Waals surface area contributed by atoms with Crippen LogP contribution in [0.25, 0.3) is 0 Å². The topological polar surface area (TPSA) is 93.0 Å². The van der Waals surface area contributed by atoms with Crippen LogP contribution in [0.3, 0.4) is 0 Å². The number of carbonyl (C=O) groups is 2. The summed E-state index contributed by atoms with van der Waals surface area (Å²) in [4.78, 5) is 40.5. The van der Waals surface area contributed by atoms with E-state index in [-0.39, 0.29) is 46.4 Å². The Kier molecular flexibility index (Phi) is 3.64. The van der Waals surface area contributed by atoms with Crippen LogP contribution < -0.4 is 9.80 Å². The predicted octanol–water partition coefficient (Wildman–Crippen LogP) is 2.13. The molecule has 2 amide bonds. The van der Waals surface area contributed by atoms with Crippen LogP contribution in [0.5, 0.6) is 0 Å². The predicted molar refractivity (Wildman–Crippen MR) is 101 cm³/mol. The molecule has 28 heavy (non-hydrogen) atoms. The first-order chi connectivity index (χ1) is 13.4. The molecule has 4 atom stereocenters. The molecule has 2 saturated heterocycles. The first kappa shape index (κ1) is 17.4. The second-order valence-electron chi connectivity index (χ2n) is 8.28. The fourth-order valence-electron chi connectivity index (χ4n) is 5.40. The molecule has 0 radical (unpaired) electrons. The number of fused-ring (bicyclic) bond motifs is 5. The lowest BCUT2D eigenvalue weighted by Gasteiger charge is -2.29. The highest BCUT2D eigenvalue weighted by Crippen LogP contribution is 2.60. The number of nitro groups is 1. The van der Waals surface area contributed by atoms with Gasteiger partial charge in [-0.3, -0.25) is 19.7 Å². The Labute approximate surface area is 161 Å². The van der Waals surface area contributed by atoms with Gasteiger partial charge in [0.15, 0.2) is 0 Å². The van der Waals surface area contributed by atoms with Gasteiger partial charge in [-0.15, -0.1) is 0 Å². The van der Waals surface area contributed by atoms with Gasteiger partial charge in [0.2, 0.25) is 11.8 Å². The summed E-state index contributed by atoms with van der Waals surface area (Å²) in [7, 11) is 0. The number of allylic oxidation sites excluding steroid dienone is 2. The van der Waals surface area contributed by atoms with Gasteiger partial charge in [0.25, 0.3) is 5.69 Å². The van der Waals surface area contributed by atoms with E-state index in [2.05, 4.69) is 6.08 Å². The molecule has 5 rings (SSSR count). The van der Waals surface area contributed by atoms with Crippen molar-refractivity contribution in [1.29, 1.82) is 0 Å². The maximum Gasteiger partial charge on any atom is 0.294 e. The number of morpholine rings is 1. The summed E-state index contributed by atoms with van der Waals surface area (Å²) in [5.74, 6) is -1.10. The van der Waals surface area contributed by atoms with Crippen LogP contribution in [-0.4, -0.2) is 43.0 Å². The molecule has 8 heteroatoms. The van der Waals surface area contributed by atoms with Crippen molar-refractivity contribution in [2.45, 2.75) is 13.3 Å². The zero-order chi connectivity index (χ0) is 19.6. The smallest absolute Gasteiger partial charge is 0.294 e. The maximum absolute atomic E-state index is 13.1. The lowest BCUT2D eigenvalue weighted by atomic mass is 9.76. The van der Waals surface area contributed by atoms with E-state index >= 15 is 0 Å². The number of carbonyl (C=O) groups excluding carboxylic acids is 2. The number of benzene rings is 1. The SMILES string of the molecule is CC12C=CC(C1)C1C(=O)N(c3ccc(N4CCOCC4)c([N+](=O)[O-])c3)C(=O)C12. The number of nitro benzene ring substituents is 1. The van der Waals surface area contributed by atoms with E-state index in [0.29, 0.717) is 32.0 Å². The van der Waals surface area contributed by atoms with Crippen molar-refractivity contribution >= 4 is 28.9 Å². The van der Waals surface area contributed by atoms with Crippen LogP contribution in [0.1, 0.15) is 13.3 Å². The minimum Gasteiger partial charge on any atom is -0.378 e. The molecule has 4 aliphatic rings. The van der Waals surface area contributed by atoms with E-state index < -0.39 is 4.92 Å². The van der Waals surface area contributed by atoms with Crippen LogP contribution in [0, 0.1) is 33.3 Å². The Morgan fingerprint density at radius 1 is 1.21 bits per heavy atom. The highest BCUT2D eigenvalue weighted by molar-refractivity contribution is 6.23. The van der Waals surface area contributed by atoms with Gasteiger partial charge < -0.3 is 9.64 Å². The average Bonchev–Trinajstić information content (AvgIpc) is 3.30. The minimum atomic E-state index is -0.452. The zero-order valence-electron chi connectivity index (χ0n) is 15.5. The van der Waals surface area contributed by atoms with Gasteiger partial charge in [0.05, 0.1) is 35.7 Å².